The van der Waals surface area contributed by atoms with E-state index in [1.54, 1.807) is 19.1 Å². The molecule has 0 fully saturated rings. The van der Waals surface area contributed by atoms with E-state index in [0.29, 0.717) is 12.0 Å². The fourth-order valence-electron chi connectivity index (χ4n) is 2.41. The van der Waals surface area contributed by atoms with Gasteiger partial charge in [-0.3, -0.25) is 9.59 Å². The van der Waals surface area contributed by atoms with Gasteiger partial charge in [0.25, 0.3) is 0 Å². The molecule has 4 nitrogen and oxygen atoms in total. The first-order valence-electron chi connectivity index (χ1n) is 7.46. The maximum absolute atomic E-state index is 12.4. The second kappa shape index (κ2) is 7.81. The lowest BCUT2D eigenvalue weighted by molar-refractivity contribution is -0.162. The molecule has 116 valence electrons. The van der Waals surface area contributed by atoms with Gasteiger partial charge in [0.2, 0.25) is 0 Å². The fourth-order valence-corrected chi connectivity index (χ4v) is 2.41. The molecule has 1 unspecified atom stereocenters. The molecule has 1 N–H and O–H groups in total. The molecular weight excluding hydrogens is 268 g/mol. The molecule has 0 amide bonds. The van der Waals surface area contributed by atoms with Crippen LogP contribution in [-0.4, -0.2) is 23.7 Å². The lowest BCUT2D eigenvalue weighted by Gasteiger charge is -2.27. The number of aryl methyl sites for hydroxylation is 1. The number of carbonyl (C=O) groups is 2. The molecule has 0 aromatic heterocycles. The van der Waals surface area contributed by atoms with Crippen LogP contribution in [0.1, 0.15) is 50.7 Å². The van der Waals surface area contributed by atoms with E-state index in [9.17, 15) is 14.7 Å². The lowest BCUT2D eigenvalue weighted by atomic mass is 9.76. The third kappa shape index (κ3) is 3.84. The van der Waals surface area contributed by atoms with Crippen molar-refractivity contribution in [1.82, 2.24) is 0 Å². The Morgan fingerprint density at radius 3 is 2.24 bits per heavy atom. The van der Waals surface area contributed by atoms with E-state index in [1.807, 2.05) is 26.0 Å². The Kier molecular flexibility index (Phi) is 6.40. The van der Waals surface area contributed by atoms with Crippen molar-refractivity contribution in [3.8, 4) is 0 Å². The summed E-state index contributed by atoms with van der Waals surface area (Å²) in [5, 5.41) is 9.74. The zero-order valence-electron chi connectivity index (χ0n) is 13.0. The minimum Gasteiger partial charge on any atom is -0.480 e. The maximum atomic E-state index is 12.4. The largest absolute Gasteiger partial charge is 0.480 e. The standard InChI is InChI=1S/C17H24O4/c1-4-6-7-12-17(15(18)19,16(20)21-5-2)14-10-8-13(3)9-11-14/h8-11H,4-7,12H2,1-3H3,(H,18,19). The Balaban J connectivity index is 3.25. The van der Waals surface area contributed by atoms with Gasteiger partial charge in [-0.25, -0.2) is 0 Å². The monoisotopic (exact) mass is 292 g/mol. The van der Waals surface area contributed by atoms with Gasteiger partial charge in [-0.2, -0.15) is 0 Å². The van der Waals surface area contributed by atoms with Crippen LogP contribution in [0.4, 0.5) is 0 Å². The van der Waals surface area contributed by atoms with Gasteiger partial charge in [0.15, 0.2) is 5.41 Å². The Labute approximate surface area is 126 Å². The quantitative estimate of drug-likeness (QED) is 0.453. The number of carboxylic acid groups (broad SMARTS) is 1. The number of hydrogen-bond donors (Lipinski definition) is 1. The van der Waals surface area contributed by atoms with E-state index in [1.165, 1.54) is 0 Å². The average molecular weight is 292 g/mol. The summed E-state index contributed by atoms with van der Waals surface area (Å²) in [5.41, 5.74) is -0.0793. The first-order chi connectivity index (χ1) is 9.98. The number of hydrogen-bond acceptors (Lipinski definition) is 3. The van der Waals surface area contributed by atoms with Crippen molar-refractivity contribution >= 4 is 11.9 Å². The first kappa shape index (κ1) is 17.2. The second-order valence-electron chi connectivity index (χ2n) is 5.25. The number of esters is 1. The Bertz CT molecular complexity index is 478. The zero-order valence-corrected chi connectivity index (χ0v) is 13.0. The third-order valence-electron chi connectivity index (χ3n) is 3.69. The van der Waals surface area contributed by atoms with Crippen LogP contribution in [0, 0.1) is 6.92 Å². The molecule has 0 heterocycles. The predicted molar refractivity (Wildman–Crippen MR) is 81.3 cm³/mol. The van der Waals surface area contributed by atoms with Gasteiger partial charge in [0.1, 0.15) is 0 Å². The molecule has 1 atom stereocenters. The Morgan fingerprint density at radius 1 is 1.14 bits per heavy atom. The van der Waals surface area contributed by atoms with Gasteiger partial charge in [-0.1, -0.05) is 56.0 Å². The van der Waals surface area contributed by atoms with Crippen molar-refractivity contribution in [1.29, 1.82) is 0 Å². The van der Waals surface area contributed by atoms with E-state index in [-0.39, 0.29) is 13.0 Å². The summed E-state index contributed by atoms with van der Waals surface area (Å²) < 4.78 is 5.06. The van der Waals surface area contributed by atoms with E-state index in [4.69, 9.17) is 4.74 Å². The van der Waals surface area contributed by atoms with E-state index in [0.717, 1.165) is 18.4 Å². The molecule has 0 spiro atoms. The summed E-state index contributed by atoms with van der Waals surface area (Å²) in [4.78, 5) is 24.3. The Hall–Kier alpha value is -1.84. The van der Waals surface area contributed by atoms with Crippen molar-refractivity contribution in [3.05, 3.63) is 35.4 Å². The summed E-state index contributed by atoms with van der Waals surface area (Å²) in [5.74, 6) is -1.81. The van der Waals surface area contributed by atoms with Gasteiger partial charge in [-0.15, -0.1) is 0 Å². The summed E-state index contributed by atoms with van der Waals surface area (Å²) in [6.45, 7) is 5.82. The van der Waals surface area contributed by atoms with E-state index in [2.05, 4.69) is 0 Å². The maximum Gasteiger partial charge on any atom is 0.328 e. The first-order valence-corrected chi connectivity index (χ1v) is 7.46. The molecular formula is C17H24O4. The van der Waals surface area contributed by atoms with Gasteiger partial charge in [0, 0.05) is 0 Å². The van der Waals surface area contributed by atoms with Crippen molar-refractivity contribution in [3.63, 3.8) is 0 Å². The molecule has 21 heavy (non-hydrogen) atoms. The molecule has 4 heteroatoms. The highest BCUT2D eigenvalue weighted by molar-refractivity contribution is 6.05. The smallest absolute Gasteiger partial charge is 0.328 e. The molecule has 0 saturated carbocycles. The Morgan fingerprint density at radius 2 is 1.76 bits per heavy atom. The lowest BCUT2D eigenvalue weighted by Crippen LogP contribution is -2.45. The van der Waals surface area contributed by atoms with E-state index < -0.39 is 17.4 Å². The normalized spacial score (nSPS) is 13.5. The van der Waals surface area contributed by atoms with Crippen LogP contribution in [-0.2, 0) is 19.7 Å². The van der Waals surface area contributed by atoms with Crippen molar-refractivity contribution in [2.45, 2.75) is 51.9 Å². The predicted octanol–water partition coefficient (Wildman–Crippen LogP) is 3.46. The highest BCUT2D eigenvalue weighted by Crippen LogP contribution is 2.33. The number of carboxylic acids is 1. The molecule has 0 aliphatic carbocycles. The average Bonchev–Trinajstić information content (AvgIpc) is 2.45. The van der Waals surface area contributed by atoms with Gasteiger partial charge >= 0.3 is 11.9 Å². The molecule has 1 rings (SSSR count). The number of carbonyl (C=O) groups excluding carboxylic acids is 1. The number of rotatable bonds is 8. The number of benzene rings is 1. The van der Waals surface area contributed by atoms with Crippen LogP contribution < -0.4 is 0 Å². The summed E-state index contributed by atoms with van der Waals surface area (Å²) in [6, 6.07) is 7.08. The fraction of sp³-hybridized carbons (Fsp3) is 0.529. The molecule has 0 aliphatic rings. The summed E-state index contributed by atoms with van der Waals surface area (Å²) in [7, 11) is 0. The SMILES string of the molecule is CCCCCC(C(=O)O)(C(=O)OCC)c1ccc(C)cc1. The van der Waals surface area contributed by atoms with Crippen molar-refractivity contribution in [2.75, 3.05) is 6.61 Å². The summed E-state index contributed by atoms with van der Waals surface area (Å²) >= 11 is 0. The number of aliphatic carboxylic acids is 1. The highest BCUT2D eigenvalue weighted by Gasteiger charge is 2.48. The van der Waals surface area contributed by atoms with Crippen LogP contribution in [0.5, 0.6) is 0 Å². The molecule has 1 aromatic carbocycles. The van der Waals surface area contributed by atoms with Crippen LogP contribution in [0.15, 0.2) is 24.3 Å². The van der Waals surface area contributed by atoms with Gasteiger partial charge < -0.3 is 9.84 Å². The van der Waals surface area contributed by atoms with Crippen LogP contribution >= 0.6 is 0 Å². The highest BCUT2D eigenvalue weighted by atomic mass is 16.5. The minimum atomic E-state index is -1.60. The second-order valence-corrected chi connectivity index (χ2v) is 5.25. The molecule has 0 radical (unpaired) electrons. The molecule has 0 saturated heterocycles. The van der Waals surface area contributed by atoms with Gasteiger partial charge in [0.05, 0.1) is 6.61 Å². The van der Waals surface area contributed by atoms with Crippen molar-refractivity contribution < 1.29 is 19.4 Å². The third-order valence-corrected chi connectivity index (χ3v) is 3.69. The van der Waals surface area contributed by atoms with Crippen LogP contribution in [0.3, 0.4) is 0 Å². The van der Waals surface area contributed by atoms with Crippen LogP contribution in [0.25, 0.3) is 0 Å². The topological polar surface area (TPSA) is 63.6 Å². The van der Waals surface area contributed by atoms with E-state index >= 15 is 0 Å². The van der Waals surface area contributed by atoms with Gasteiger partial charge in [-0.05, 0) is 25.8 Å². The van der Waals surface area contributed by atoms with Crippen molar-refractivity contribution in [2.24, 2.45) is 0 Å². The number of unbranched alkanes of at least 4 members (excludes halogenated alkanes) is 2. The minimum absolute atomic E-state index is 0.174. The molecule has 1 aromatic rings. The number of ether oxygens (including phenoxy) is 1. The molecule has 0 aliphatic heterocycles. The van der Waals surface area contributed by atoms with Crippen LogP contribution in [0.2, 0.25) is 0 Å². The zero-order chi connectivity index (χ0) is 15.9. The molecule has 0 bridgehead atoms. The summed E-state index contributed by atoms with van der Waals surface area (Å²) in [6.07, 6.45) is 2.79.